The fraction of sp³-hybridized carbons (Fsp3) is 0.923. The van der Waals surface area contributed by atoms with Gasteiger partial charge in [-0.1, -0.05) is 12.8 Å². The largest absolute Gasteiger partial charge is 0.378 e. The SMILES string of the molecule is S=C(NCCC1CCCCO1)NC1CCCC1. The van der Waals surface area contributed by atoms with E-state index in [-0.39, 0.29) is 0 Å². The molecule has 1 aliphatic heterocycles. The van der Waals surface area contributed by atoms with Crippen LogP contribution in [-0.2, 0) is 4.74 Å². The van der Waals surface area contributed by atoms with E-state index in [0.717, 1.165) is 24.7 Å². The van der Waals surface area contributed by atoms with Crippen LogP contribution in [-0.4, -0.2) is 30.4 Å². The second-order valence-electron chi connectivity index (χ2n) is 5.16. The maximum Gasteiger partial charge on any atom is 0.166 e. The van der Waals surface area contributed by atoms with Gasteiger partial charge in [0.05, 0.1) is 6.10 Å². The Bertz CT molecular complexity index is 236. The lowest BCUT2D eigenvalue weighted by Gasteiger charge is -2.23. The van der Waals surface area contributed by atoms with Gasteiger partial charge in [-0.05, 0) is 50.7 Å². The van der Waals surface area contributed by atoms with Crippen LogP contribution in [0.3, 0.4) is 0 Å². The molecule has 0 radical (unpaired) electrons. The van der Waals surface area contributed by atoms with Crippen molar-refractivity contribution in [2.75, 3.05) is 13.2 Å². The van der Waals surface area contributed by atoms with E-state index in [4.69, 9.17) is 17.0 Å². The molecular formula is C13H24N2OS. The molecule has 0 aromatic carbocycles. The number of ether oxygens (including phenoxy) is 1. The monoisotopic (exact) mass is 256 g/mol. The Labute approximate surface area is 110 Å². The summed E-state index contributed by atoms with van der Waals surface area (Å²) >= 11 is 5.29. The first-order valence-electron chi connectivity index (χ1n) is 7.00. The summed E-state index contributed by atoms with van der Waals surface area (Å²) in [5.74, 6) is 0. The van der Waals surface area contributed by atoms with E-state index in [0.29, 0.717) is 12.1 Å². The van der Waals surface area contributed by atoms with Crippen molar-refractivity contribution >= 4 is 17.3 Å². The molecular weight excluding hydrogens is 232 g/mol. The lowest BCUT2D eigenvalue weighted by atomic mass is 10.1. The fourth-order valence-corrected chi connectivity index (χ4v) is 2.96. The highest BCUT2D eigenvalue weighted by molar-refractivity contribution is 7.80. The highest BCUT2D eigenvalue weighted by Crippen LogP contribution is 2.17. The lowest BCUT2D eigenvalue weighted by molar-refractivity contribution is 0.0122. The van der Waals surface area contributed by atoms with Crippen molar-refractivity contribution in [3.05, 3.63) is 0 Å². The predicted molar refractivity (Wildman–Crippen MR) is 74.2 cm³/mol. The molecule has 2 rings (SSSR count). The van der Waals surface area contributed by atoms with E-state index in [9.17, 15) is 0 Å². The average Bonchev–Trinajstić information content (AvgIpc) is 2.83. The van der Waals surface area contributed by atoms with Crippen molar-refractivity contribution in [3.63, 3.8) is 0 Å². The van der Waals surface area contributed by atoms with E-state index >= 15 is 0 Å². The molecule has 2 fully saturated rings. The van der Waals surface area contributed by atoms with Crippen LogP contribution in [0, 0.1) is 0 Å². The van der Waals surface area contributed by atoms with Gasteiger partial charge < -0.3 is 15.4 Å². The Hall–Kier alpha value is -0.350. The van der Waals surface area contributed by atoms with Gasteiger partial charge in [0.15, 0.2) is 5.11 Å². The topological polar surface area (TPSA) is 33.3 Å². The molecule has 3 nitrogen and oxygen atoms in total. The molecule has 98 valence electrons. The Morgan fingerprint density at radius 2 is 1.88 bits per heavy atom. The highest BCUT2D eigenvalue weighted by Gasteiger charge is 2.16. The second-order valence-corrected chi connectivity index (χ2v) is 5.57. The minimum absolute atomic E-state index is 0.450. The summed E-state index contributed by atoms with van der Waals surface area (Å²) < 4.78 is 5.69. The second kappa shape index (κ2) is 7.17. The van der Waals surface area contributed by atoms with Gasteiger partial charge in [-0.2, -0.15) is 0 Å². The molecule has 1 unspecified atom stereocenters. The molecule has 0 bridgehead atoms. The molecule has 1 aliphatic carbocycles. The van der Waals surface area contributed by atoms with Crippen LogP contribution in [0.15, 0.2) is 0 Å². The van der Waals surface area contributed by atoms with Gasteiger partial charge in [-0.25, -0.2) is 0 Å². The van der Waals surface area contributed by atoms with Crippen molar-refractivity contribution in [1.82, 2.24) is 10.6 Å². The zero-order valence-corrected chi connectivity index (χ0v) is 11.4. The van der Waals surface area contributed by atoms with Crippen molar-refractivity contribution < 1.29 is 4.74 Å². The van der Waals surface area contributed by atoms with Gasteiger partial charge in [0.1, 0.15) is 0 Å². The molecule has 2 aliphatic rings. The minimum Gasteiger partial charge on any atom is -0.378 e. The predicted octanol–water partition coefficient (Wildman–Crippen LogP) is 2.35. The van der Waals surface area contributed by atoms with Crippen molar-refractivity contribution in [2.24, 2.45) is 0 Å². The Morgan fingerprint density at radius 3 is 2.59 bits per heavy atom. The van der Waals surface area contributed by atoms with Crippen LogP contribution in [0.5, 0.6) is 0 Å². The third kappa shape index (κ3) is 4.80. The van der Waals surface area contributed by atoms with E-state index in [1.165, 1.54) is 44.9 Å². The summed E-state index contributed by atoms with van der Waals surface area (Å²) in [6.45, 7) is 1.87. The molecule has 0 aromatic rings. The number of hydrogen-bond acceptors (Lipinski definition) is 2. The minimum atomic E-state index is 0.450. The number of nitrogens with one attached hydrogen (secondary N) is 2. The van der Waals surface area contributed by atoms with Crippen LogP contribution >= 0.6 is 12.2 Å². The number of rotatable bonds is 4. The molecule has 17 heavy (non-hydrogen) atoms. The molecule has 4 heteroatoms. The van der Waals surface area contributed by atoms with Crippen molar-refractivity contribution in [2.45, 2.75) is 63.5 Å². The maximum atomic E-state index is 5.69. The van der Waals surface area contributed by atoms with Crippen LogP contribution in [0.25, 0.3) is 0 Å². The molecule has 1 atom stereocenters. The third-order valence-electron chi connectivity index (χ3n) is 3.72. The summed E-state index contributed by atoms with van der Waals surface area (Å²) in [5.41, 5.74) is 0. The Kier molecular flexibility index (Phi) is 5.52. The zero-order chi connectivity index (χ0) is 11.9. The van der Waals surface area contributed by atoms with E-state index in [2.05, 4.69) is 10.6 Å². The molecule has 0 aromatic heterocycles. The van der Waals surface area contributed by atoms with E-state index in [1.807, 2.05) is 0 Å². The van der Waals surface area contributed by atoms with E-state index < -0.39 is 0 Å². The zero-order valence-electron chi connectivity index (χ0n) is 10.5. The van der Waals surface area contributed by atoms with Crippen molar-refractivity contribution in [3.8, 4) is 0 Å². The first-order chi connectivity index (χ1) is 8.34. The third-order valence-corrected chi connectivity index (χ3v) is 3.98. The molecule has 1 saturated heterocycles. The fourth-order valence-electron chi connectivity index (χ4n) is 2.69. The van der Waals surface area contributed by atoms with E-state index in [1.54, 1.807) is 0 Å². The molecule has 1 saturated carbocycles. The summed E-state index contributed by atoms with van der Waals surface area (Å²) in [4.78, 5) is 0. The van der Waals surface area contributed by atoms with Gasteiger partial charge in [0.25, 0.3) is 0 Å². The summed E-state index contributed by atoms with van der Waals surface area (Å²) in [6, 6.07) is 0.612. The first-order valence-corrected chi connectivity index (χ1v) is 7.41. The summed E-state index contributed by atoms with van der Waals surface area (Å²) in [6.07, 6.45) is 10.5. The van der Waals surface area contributed by atoms with Crippen LogP contribution in [0.2, 0.25) is 0 Å². The maximum absolute atomic E-state index is 5.69. The van der Waals surface area contributed by atoms with Gasteiger partial charge in [0.2, 0.25) is 0 Å². The lowest BCUT2D eigenvalue weighted by Crippen LogP contribution is -2.41. The van der Waals surface area contributed by atoms with Crippen molar-refractivity contribution in [1.29, 1.82) is 0 Å². The first kappa shape index (κ1) is 13.1. The van der Waals surface area contributed by atoms with Gasteiger partial charge in [0, 0.05) is 19.2 Å². The molecule has 0 amide bonds. The molecule has 1 heterocycles. The summed E-state index contributed by atoms with van der Waals surface area (Å²) in [5, 5.41) is 7.52. The summed E-state index contributed by atoms with van der Waals surface area (Å²) in [7, 11) is 0. The number of hydrogen-bond donors (Lipinski definition) is 2. The Morgan fingerprint density at radius 1 is 1.12 bits per heavy atom. The van der Waals surface area contributed by atoms with Gasteiger partial charge in [-0.15, -0.1) is 0 Å². The standard InChI is InChI=1S/C13H24N2OS/c17-13(15-11-5-1-2-6-11)14-9-8-12-7-3-4-10-16-12/h11-12H,1-10H2,(H2,14,15,17). The normalized spacial score (nSPS) is 25.8. The molecule has 0 spiro atoms. The van der Waals surface area contributed by atoms with Gasteiger partial charge in [-0.3, -0.25) is 0 Å². The van der Waals surface area contributed by atoms with Crippen LogP contribution < -0.4 is 10.6 Å². The Balaban J connectivity index is 1.53. The van der Waals surface area contributed by atoms with Crippen LogP contribution in [0.4, 0.5) is 0 Å². The highest BCUT2D eigenvalue weighted by atomic mass is 32.1. The molecule has 2 N–H and O–H groups in total. The average molecular weight is 256 g/mol. The smallest absolute Gasteiger partial charge is 0.166 e. The van der Waals surface area contributed by atoms with Crippen LogP contribution in [0.1, 0.15) is 51.4 Å². The quantitative estimate of drug-likeness (QED) is 0.757. The van der Waals surface area contributed by atoms with Gasteiger partial charge >= 0.3 is 0 Å². The number of thiocarbonyl (C=S) groups is 1.